The molecule has 1 N–H and O–H groups in total. The van der Waals surface area contributed by atoms with Crippen molar-refractivity contribution in [3.8, 4) is 0 Å². The van der Waals surface area contributed by atoms with Gasteiger partial charge in [-0.05, 0) is 36.6 Å². The molecular formula is C13H18N2O2. The minimum Gasteiger partial charge on any atom is -0.449 e. The molecule has 0 unspecified atom stereocenters. The van der Waals surface area contributed by atoms with Crippen molar-refractivity contribution in [3.63, 3.8) is 0 Å². The van der Waals surface area contributed by atoms with E-state index in [0.29, 0.717) is 6.61 Å². The number of likely N-dealkylation sites (N-methyl/N-ethyl adjacent to an activating group) is 1. The van der Waals surface area contributed by atoms with Gasteiger partial charge in [0.2, 0.25) is 0 Å². The van der Waals surface area contributed by atoms with Crippen molar-refractivity contribution >= 4 is 17.5 Å². The number of carbonyl (C=O) groups excluding carboxylic acids is 1. The predicted octanol–water partition coefficient (Wildman–Crippen LogP) is 2.64. The van der Waals surface area contributed by atoms with Crippen molar-refractivity contribution in [1.29, 1.82) is 0 Å². The highest BCUT2D eigenvalue weighted by atomic mass is 16.5. The number of amides is 1. The van der Waals surface area contributed by atoms with E-state index in [2.05, 4.69) is 17.3 Å². The second-order valence-corrected chi connectivity index (χ2v) is 4.28. The third kappa shape index (κ3) is 2.70. The van der Waals surface area contributed by atoms with Gasteiger partial charge < -0.3 is 9.64 Å². The van der Waals surface area contributed by atoms with Crippen LogP contribution in [0.1, 0.15) is 18.9 Å². The Hall–Kier alpha value is -1.71. The van der Waals surface area contributed by atoms with E-state index in [0.717, 1.165) is 25.1 Å². The molecule has 0 atom stereocenters. The standard InChI is InChI=1S/C13H18N2O2/c1-3-8-17-13(16)14-11-4-5-12-10(9-11)6-7-15(12)2/h4-5,9H,3,6-8H2,1-2H3,(H,14,16). The third-order valence-electron chi connectivity index (χ3n) is 2.89. The molecule has 4 heteroatoms. The molecule has 0 saturated heterocycles. The van der Waals surface area contributed by atoms with E-state index in [1.807, 2.05) is 25.1 Å². The Kier molecular flexibility index (Phi) is 3.52. The Morgan fingerprint density at radius 3 is 3.12 bits per heavy atom. The number of anilines is 2. The smallest absolute Gasteiger partial charge is 0.411 e. The Morgan fingerprint density at radius 2 is 2.35 bits per heavy atom. The zero-order chi connectivity index (χ0) is 12.3. The van der Waals surface area contributed by atoms with E-state index >= 15 is 0 Å². The maximum atomic E-state index is 11.4. The number of benzene rings is 1. The van der Waals surface area contributed by atoms with Gasteiger partial charge in [-0.15, -0.1) is 0 Å². The van der Waals surface area contributed by atoms with E-state index in [-0.39, 0.29) is 6.09 Å². The monoisotopic (exact) mass is 234 g/mol. The summed E-state index contributed by atoms with van der Waals surface area (Å²) in [6, 6.07) is 5.97. The molecule has 0 fully saturated rings. The van der Waals surface area contributed by atoms with Crippen LogP contribution in [0.15, 0.2) is 18.2 Å². The summed E-state index contributed by atoms with van der Waals surface area (Å²) in [5, 5.41) is 2.74. The lowest BCUT2D eigenvalue weighted by Gasteiger charge is -2.12. The Labute approximate surface area is 102 Å². The van der Waals surface area contributed by atoms with Crippen LogP contribution < -0.4 is 10.2 Å². The summed E-state index contributed by atoms with van der Waals surface area (Å²) in [7, 11) is 2.08. The molecule has 1 amide bonds. The molecule has 1 aliphatic heterocycles. The zero-order valence-corrected chi connectivity index (χ0v) is 10.3. The average Bonchev–Trinajstić information content (AvgIpc) is 2.68. The van der Waals surface area contributed by atoms with E-state index in [1.54, 1.807) is 0 Å². The highest BCUT2D eigenvalue weighted by molar-refractivity contribution is 5.85. The van der Waals surface area contributed by atoms with Gasteiger partial charge in [-0.3, -0.25) is 5.32 Å². The molecular weight excluding hydrogens is 216 g/mol. The van der Waals surface area contributed by atoms with Crippen LogP contribution in [0.25, 0.3) is 0 Å². The van der Waals surface area contributed by atoms with Gasteiger partial charge in [0.25, 0.3) is 0 Å². The van der Waals surface area contributed by atoms with E-state index in [4.69, 9.17) is 4.74 Å². The summed E-state index contributed by atoms with van der Waals surface area (Å²) >= 11 is 0. The molecule has 0 aliphatic carbocycles. The minimum absolute atomic E-state index is 0.377. The van der Waals surface area contributed by atoms with Crippen molar-refractivity contribution in [1.82, 2.24) is 0 Å². The van der Waals surface area contributed by atoms with Crippen molar-refractivity contribution in [3.05, 3.63) is 23.8 Å². The van der Waals surface area contributed by atoms with Gasteiger partial charge in [0.05, 0.1) is 6.61 Å². The topological polar surface area (TPSA) is 41.6 Å². The largest absolute Gasteiger partial charge is 0.449 e. The van der Waals surface area contributed by atoms with Crippen LogP contribution in [0.5, 0.6) is 0 Å². The normalized spacial score (nSPS) is 13.4. The lowest BCUT2D eigenvalue weighted by molar-refractivity contribution is 0.161. The maximum absolute atomic E-state index is 11.4. The first-order valence-electron chi connectivity index (χ1n) is 5.98. The van der Waals surface area contributed by atoms with Crippen molar-refractivity contribution in [2.24, 2.45) is 0 Å². The highest BCUT2D eigenvalue weighted by Gasteiger charge is 2.16. The number of fused-ring (bicyclic) bond motifs is 1. The molecule has 0 spiro atoms. The lowest BCUT2D eigenvalue weighted by Crippen LogP contribution is -2.14. The fourth-order valence-electron chi connectivity index (χ4n) is 1.99. The first kappa shape index (κ1) is 11.8. The van der Waals surface area contributed by atoms with Crippen molar-refractivity contribution in [2.75, 3.05) is 30.4 Å². The molecule has 2 rings (SSSR count). The maximum Gasteiger partial charge on any atom is 0.411 e. The number of hydrogen-bond donors (Lipinski definition) is 1. The van der Waals surface area contributed by atoms with E-state index in [1.165, 1.54) is 11.3 Å². The van der Waals surface area contributed by atoms with Crippen LogP contribution in [0.4, 0.5) is 16.2 Å². The number of rotatable bonds is 3. The van der Waals surface area contributed by atoms with Crippen LogP contribution in [-0.4, -0.2) is 26.3 Å². The predicted molar refractivity (Wildman–Crippen MR) is 68.7 cm³/mol. The molecule has 0 radical (unpaired) electrons. The number of nitrogens with zero attached hydrogens (tertiary/aromatic N) is 1. The molecule has 4 nitrogen and oxygen atoms in total. The summed E-state index contributed by atoms with van der Waals surface area (Å²) in [6.07, 6.45) is 1.49. The van der Waals surface area contributed by atoms with Gasteiger partial charge in [-0.25, -0.2) is 4.79 Å². The lowest BCUT2D eigenvalue weighted by atomic mass is 10.1. The summed E-state index contributed by atoms with van der Waals surface area (Å²) in [6.45, 7) is 3.47. The molecule has 0 aromatic heterocycles. The van der Waals surface area contributed by atoms with E-state index in [9.17, 15) is 4.79 Å². The first-order chi connectivity index (χ1) is 8.20. The second-order valence-electron chi connectivity index (χ2n) is 4.28. The molecule has 1 aliphatic rings. The molecule has 0 bridgehead atoms. The molecule has 17 heavy (non-hydrogen) atoms. The van der Waals surface area contributed by atoms with Crippen LogP contribution in [-0.2, 0) is 11.2 Å². The van der Waals surface area contributed by atoms with Gasteiger partial charge >= 0.3 is 6.09 Å². The average molecular weight is 234 g/mol. The van der Waals surface area contributed by atoms with E-state index < -0.39 is 0 Å². The van der Waals surface area contributed by atoms with Crippen molar-refractivity contribution in [2.45, 2.75) is 19.8 Å². The summed E-state index contributed by atoms with van der Waals surface area (Å²) in [5.74, 6) is 0. The van der Waals surface area contributed by atoms with Crippen LogP contribution >= 0.6 is 0 Å². The van der Waals surface area contributed by atoms with Gasteiger partial charge in [0.1, 0.15) is 0 Å². The molecule has 1 aromatic carbocycles. The molecule has 92 valence electrons. The summed E-state index contributed by atoms with van der Waals surface area (Å²) < 4.78 is 4.98. The Balaban J connectivity index is 2.01. The first-order valence-corrected chi connectivity index (χ1v) is 5.98. The SMILES string of the molecule is CCCOC(=O)Nc1ccc2c(c1)CCN2C. The van der Waals surface area contributed by atoms with Crippen LogP contribution in [0, 0.1) is 0 Å². The summed E-state index contributed by atoms with van der Waals surface area (Å²) in [4.78, 5) is 13.6. The highest BCUT2D eigenvalue weighted by Crippen LogP contribution is 2.29. The van der Waals surface area contributed by atoms with Crippen LogP contribution in [0.3, 0.4) is 0 Å². The minimum atomic E-state index is -0.377. The Bertz CT molecular complexity index is 418. The molecule has 0 saturated carbocycles. The Morgan fingerprint density at radius 1 is 1.53 bits per heavy atom. The molecule has 1 aromatic rings. The molecule has 1 heterocycles. The number of hydrogen-bond acceptors (Lipinski definition) is 3. The second kappa shape index (κ2) is 5.08. The third-order valence-corrected chi connectivity index (χ3v) is 2.89. The zero-order valence-electron chi connectivity index (χ0n) is 10.3. The quantitative estimate of drug-likeness (QED) is 0.874. The van der Waals surface area contributed by atoms with Gasteiger partial charge in [-0.2, -0.15) is 0 Å². The summed E-state index contributed by atoms with van der Waals surface area (Å²) in [5.41, 5.74) is 3.33. The van der Waals surface area contributed by atoms with Gasteiger partial charge in [0, 0.05) is 25.0 Å². The number of nitrogens with one attached hydrogen (secondary N) is 1. The van der Waals surface area contributed by atoms with Gasteiger partial charge in [0.15, 0.2) is 0 Å². The number of ether oxygens (including phenoxy) is 1. The fourth-order valence-corrected chi connectivity index (χ4v) is 1.99. The van der Waals surface area contributed by atoms with Gasteiger partial charge in [-0.1, -0.05) is 6.92 Å². The van der Waals surface area contributed by atoms with Crippen molar-refractivity contribution < 1.29 is 9.53 Å². The number of carbonyl (C=O) groups is 1. The van der Waals surface area contributed by atoms with Crippen LogP contribution in [0.2, 0.25) is 0 Å². The fraction of sp³-hybridized carbons (Fsp3) is 0.462.